The highest BCUT2D eigenvalue weighted by atomic mass is 16.4. The number of pyridine rings is 2. The SMILES string of the molecule is CNC(=O)c1c[nH]c(Nc2cccc(C(=O)O)n2)cc1=O. The van der Waals surface area contributed by atoms with Gasteiger partial charge in [0.25, 0.3) is 5.91 Å². The fourth-order valence-electron chi connectivity index (χ4n) is 1.62. The van der Waals surface area contributed by atoms with E-state index in [4.69, 9.17) is 5.11 Å². The maximum Gasteiger partial charge on any atom is 0.354 e. The summed E-state index contributed by atoms with van der Waals surface area (Å²) in [7, 11) is 1.43. The lowest BCUT2D eigenvalue weighted by atomic mass is 10.2. The number of aromatic nitrogens is 2. The first-order chi connectivity index (χ1) is 10.0. The summed E-state index contributed by atoms with van der Waals surface area (Å²) in [6.45, 7) is 0. The predicted molar refractivity (Wildman–Crippen MR) is 74.9 cm³/mol. The van der Waals surface area contributed by atoms with E-state index in [9.17, 15) is 14.4 Å². The summed E-state index contributed by atoms with van der Waals surface area (Å²) in [6, 6.07) is 5.62. The van der Waals surface area contributed by atoms with E-state index in [2.05, 4.69) is 20.6 Å². The molecule has 0 saturated carbocycles. The second-order valence-electron chi connectivity index (χ2n) is 4.04. The number of carboxylic acids is 1. The van der Waals surface area contributed by atoms with Crippen LogP contribution in [0, 0.1) is 0 Å². The number of hydrogen-bond acceptors (Lipinski definition) is 5. The largest absolute Gasteiger partial charge is 0.477 e. The molecule has 2 rings (SSSR count). The van der Waals surface area contributed by atoms with Crippen LogP contribution in [0.25, 0.3) is 0 Å². The molecular formula is C13H12N4O4. The number of anilines is 2. The molecule has 0 aliphatic rings. The second kappa shape index (κ2) is 5.87. The number of carbonyl (C=O) groups excluding carboxylic acids is 1. The van der Waals surface area contributed by atoms with Gasteiger partial charge in [0.1, 0.15) is 17.2 Å². The van der Waals surface area contributed by atoms with Gasteiger partial charge in [0.05, 0.1) is 0 Å². The average Bonchev–Trinajstić information content (AvgIpc) is 2.47. The first kappa shape index (κ1) is 14.3. The summed E-state index contributed by atoms with van der Waals surface area (Å²) >= 11 is 0. The molecule has 2 aromatic rings. The molecule has 0 saturated heterocycles. The Morgan fingerprint density at radius 1 is 1.33 bits per heavy atom. The third kappa shape index (κ3) is 3.24. The molecule has 108 valence electrons. The van der Waals surface area contributed by atoms with Crippen LogP contribution >= 0.6 is 0 Å². The van der Waals surface area contributed by atoms with Gasteiger partial charge >= 0.3 is 5.97 Å². The van der Waals surface area contributed by atoms with Crippen LogP contribution in [0.15, 0.2) is 35.3 Å². The van der Waals surface area contributed by atoms with Crippen LogP contribution in [-0.2, 0) is 0 Å². The van der Waals surface area contributed by atoms with Gasteiger partial charge in [-0.05, 0) is 12.1 Å². The van der Waals surface area contributed by atoms with Crippen molar-refractivity contribution in [2.24, 2.45) is 0 Å². The van der Waals surface area contributed by atoms with Crippen molar-refractivity contribution in [1.82, 2.24) is 15.3 Å². The highest BCUT2D eigenvalue weighted by Gasteiger charge is 2.10. The fourth-order valence-corrected chi connectivity index (χ4v) is 1.62. The van der Waals surface area contributed by atoms with Gasteiger partial charge < -0.3 is 20.7 Å². The molecule has 8 heteroatoms. The number of aromatic carboxylic acids is 1. The topological polar surface area (TPSA) is 124 Å². The average molecular weight is 288 g/mol. The molecule has 1 amide bonds. The number of H-pyrrole nitrogens is 1. The lowest BCUT2D eigenvalue weighted by Gasteiger charge is -2.06. The lowest BCUT2D eigenvalue weighted by molar-refractivity contribution is 0.0690. The molecule has 4 N–H and O–H groups in total. The maximum atomic E-state index is 11.8. The Hall–Kier alpha value is -3.16. The number of hydrogen-bond donors (Lipinski definition) is 4. The highest BCUT2D eigenvalue weighted by Crippen LogP contribution is 2.11. The zero-order chi connectivity index (χ0) is 15.4. The van der Waals surface area contributed by atoms with E-state index in [0.717, 1.165) is 0 Å². The Kier molecular flexibility index (Phi) is 3.98. The number of rotatable bonds is 4. The number of nitrogens with zero attached hydrogens (tertiary/aromatic N) is 1. The minimum Gasteiger partial charge on any atom is -0.477 e. The summed E-state index contributed by atoms with van der Waals surface area (Å²) in [4.78, 5) is 40.6. The van der Waals surface area contributed by atoms with E-state index >= 15 is 0 Å². The molecular weight excluding hydrogens is 276 g/mol. The van der Waals surface area contributed by atoms with Crippen molar-refractivity contribution >= 4 is 23.5 Å². The fraction of sp³-hybridized carbons (Fsp3) is 0.0769. The van der Waals surface area contributed by atoms with Crippen molar-refractivity contribution in [3.63, 3.8) is 0 Å². The smallest absolute Gasteiger partial charge is 0.354 e. The van der Waals surface area contributed by atoms with Gasteiger partial charge in [-0.2, -0.15) is 0 Å². The molecule has 0 unspecified atom stereocenters. The molecule has 0 fully saturated rings. The summed E-state index contributed by atoms with van der Waals surface area (Å²) in [5.41, 5.74) is -0.607. The number of carbonyl (C=O) groups is 2. The minimum absolute atomic E-state index is 0.0182. The van der Waals surface area contributed by atoms with Gasteiger partial charge in [-0.1, -0.05) is 6.07 Å². The van der Waals surface area contributed by atoms with Gasteiger partial charge in [-0.3, -0.25) is 9.59 Å². The van der Waals surface area contributed by atoms with Crippen LogP contribution in [0.2, 0.25) is 0 Å². The predicted octanol–water partition coefficient (Wildman–Crippen LogP) is 0.571. The number of nitrogens with one attached hydrogen (secondary N) is 3. The highest BCUT2D eigenvalue weighted by molar-refractivity contribution is 5.93. The van der Waals surface area contributed by atoms with Crippen molar-refractivity contribution < 1.29 is 14.7 Å². The van der Waals surface area contributed by atoms with E-state index < -0.39 is 17.3 Å². The van der Waals surface area contributed by atoms with Crippen LogP contribution in [0.5, 0.6) is 0 Å². The minimum atomic E-state index is -1.15. The van der Waals surface area contributed by atoms with Crippen molar-refractivity contribution in [3.05, 3.63) is 51.9 Å². The quantitative estimate of drug-likeness (QED) is 0.652. The summed E-state index contributed by atoms with van der Waals surface area (Å²) in [5.74, 6) is -1.09. The third-order valence-corrected chi connectivity index (χ3v) is 2.62. The normalized spacial score (nSPS) is 9.95. The zero-order valence-corrected chi connectivity index (χ0v) is 11.0. The molecule has 0 atom stereocenters. The van der Waals surface area contributed by atoms with Crippen LogP contribution in [0.4, 0.5) is 11.6 Å². The molecule has 0 bridgehead atoms. The van der Waals surface area contributed by atoms with E-state index in [1.807, 2.05) is 0 Å². The molecule has 0 aromatic carbocycles. The van der Waals surface area contributed by atoms with Crippen LogP contribution < -0.4 is 16.1 Å². The third-order valence-electron chi connectivity index (χ3n) is 2.62. The van der Waals surface area contributed by atoms with E-state index in [0.29, 0.717) is 5.82 Å². The number of aromatic amines is 1. The molecule has 21 heavy (non-hydrogen) atoms. The lowest BCUT2D eigenvalue weighted by Crippen LogP contribution is -2.25. The molecule has 2 heterocycles. The van der Waals surface area contributed by atoms with Crippen molar-refractivity contribution in [2.75, 3.05) is 12.4 Å². The van der Waals surface area contributed by atoms with Gasteiger partial charge in [-0.15, -0.1) is 0 Å². The van der Waals surface area contributed by atoms with Crippen molar-refractivity contribution in [1.29, 1.82) is 0 Å². The molecule has 8 nitrogen and oxygen atoms in total. The Labute approximate surface area is 118 Å². The first-order valence-corrected chi connectivity index (χ1v) is 5.93. The second-order valence-corrected chi connectivity index (χ2v) is 4.04. The molecule has 0 aliphatic heterocycles. The maximum absolute atomic E-state index is 11.8. The van der Waals surface area contributed by atoms with Crippen molar-refractivity contribution in [3.8, 4) is 0 Å². The van der Waals surface area contributed by atoms with Crippen LogP contribution in [0.3, 0.4) is 0 Å². The number of carboxylic acid groups (broad SMARTS) is 1. The monoisotopic (exact) mass is 288 g/mol. The van der Waals surface area contributed by atoms with Gasteiger partial charge in [0.15, 0.2) is 11.1 Å². The molecule has 2 aromatic heterocycles. The van der Waals surface area contributed by atoms with Crippen LogP contribution in [-0.4, -0.2) is 34.0 Å². The number of amides is 1. The Morgan fingerprint density at radius 3 is 2.71 bits per heavy atom. The van der Waals surface area contributed by atoms with Gasteiger partial charge in [0.2, 0.25) is 0 Å². The Balaban J connectivity index is 2.26. The first-order valence-electron chi connectivity index (χ1n) is 5.93. The summed E-state index contributed by atoms with van der Waals surface area (Å²) < 4.78 is 0. The summed E-state index contributed by atoms with van der Waals surface area (Å²) in [5, 5.41) is 14.0. The van der Waals surface area contributed by atoms with Gasteiger partial charge in [0, 0.05) is 19.3 Å². The molecule has 0 aliphatic carbocycles. The van der Waals surface area contributed by atoms with Gasteiger partial charge in [-0.25, -0.2) is 9.78 Å². The Morgan fingerprint density at radius 2 is 2.10 bits per heavy atom. The molecule has 0 spiro atoms. The van der Waals surface area contributed by atoms with E-state index in [-0.39, 0.29) is 17.1 Å². The zero-order valence-electron chi connectivity index (χ0n) is 11.0. The van der Waals surface area contributed by atoms with Crippen molar-refractivity contribution in [2.45, 2.75) is 0 Å². The standard InChI is InChI=1S/C13H12N4O4/c1-14-12(19)7-6-15-11(5-9(7)18)17-10-4-2-3-8(16-10)13(20)21/h2-6H,1H3,(H,14,19)(H,20,21)(H2,15,16,17,18). The van der Waals surface area contributed by atoms with Crippen LogP contribution in [0.1, 0.15) is 20.8 Å². The Bertz CT molecular complexity index is 754. The summed E-state index contributed by atoms with van der Waals surface area (Å²) in [6.07, 6.45) is 1.27. The van der Waals surface area contributed by atoms with E-state index in [1.54, 1.807) is 6.07 Å². The molecule has 0 radical (unpaired) electrons. The van der Waals surface area contributed by atoms with E-state index in [1.165, 1.54) is 31.4 Å².